The van der Waals surface area contributed by atoms with E-state index >= 15 is 0 Å². The summed E-state index contributed by atoms with van der Waals surface area (Å²) in [7, 11) is 0. The van der Waals surface area contributed by atoms with Crippen LogP contribution in [0, 0.1) is 0 Å². The largest absolute Gasteiger partial charge is 0.446 e. The van der Waals surface area contributed by atoms with Gasteiger partial charge >= 0.3 is 5.51 Å². The molecule has 0 radical (unpaired) electrons. The summed E-state index contributed by atoms with van der Waals surface area (Å²) in [6, 6.07) is 6.02. The highest BCUT2D eigenvalue weighted by atomic mass is 32.2. The fourth-order valence-electron chi connectivity index (χ4n) is 1.17. The van der Waals surface area contributed by atoms with E-state index in [4.69, 9.17) is 5.11 Å². The van der Waals surface area contributed by atoms with Gasteiger partial charge in [-0.3, -0.25) is 0 Å². The van der Waals surface area contributed by atoms with Gasteiger partial charge in [-0.05, 0) is 42.8 Å². The van der Waals surface area contributed by atoms with Crippen LogP contribution in [0.5, 0.6) is 0 Å². The van der Waals surface area contributed by atoms with Crippen molar-refractivity contribution in [2.24, 2.45) is 0 Å². The maximum atomic E-state index is 12.0. The van der Waals surface area contributed by atoms with Crippen molar-refractivity contribution in [2.45, 2.75) is 29.9 Å². The molecule has 0 amide bonds. The number of alkyl halides is 3. The lowest BCUT2D eigenvalue weighted by molar-refractivity contribution is -0.0328. The average Bonchev–Trinajstić information content (AvgIpc) is 2.05. The van der Waals surface area contributed by atoms with E-state index in [0.29, 0.717) is 6.42 Å². The van der Waals surface area contributed by atoms with Gasteiger partial charge < -0.3 is 5.11 Å². The molecule has 0 aliphatic rings. The Morgan fingerprint density at radius 2 is 1.80 bits per heavy atom. The standard InChI is InChI=1S/C10H11F3OS/c1-7(14)6-8-2-4-9(5-3-8)15-10(11,12)13/h2-5,7,14H,6H2,1H3/t7-/m1/s1. The summed E-state index contributed by atoms with van der Waals surface area (Å²) in [5, 5.41) is 9.08. The van der Waals surface area contributed by atoms with Crippen molar-refractivity contribution in [1.29, 1.82) is 0 Å². The van der Waals surface area contributed by atoms with Crippen LogP contribution in [0.1, 0.15) is 12.5 Å². The van der Waals surface area contributed by atoms with Crippen molar-refractivity contribution in [1.82, 2.24) is 0 Å². The lowest BCUT2D eigenvalue weighted by Crippen LogP contribution is -2.04. The molecule has 0 spiro atoms. The molecule has 0 fully saturated rings. The molecular formula is C10H11F3OS. The van der Waals surface area contributed by atoms with Gasteiger partial charge in [0.1, 0.15) is 0 Å². The highest BCUT2D eigenvalue weighted by Gasteiger charge is 2.28. The molecule has 1 aromatic carbocycles. The van der Waals surface area contributed by atoms with Crippen LogP contribution in [0.4, 0.5) is 13.2 Å². The zero-order valence-corrected chi connectivity index (χ0v) is 8.90. The lowest BCUT2D eigenvalue weighted by Gasteiger charge is -2.07. The molecular weight excluding hydrogens is 225 g/mol. The molecule has 1 rings (SSSR count). The monoisotopic (exact) mass is 236 g/mol. The molecule has 0 saturated carbocycles. The average molecular weight is 236 g/mol. The van der Waals surface area contributed by atoms with Crippen molar-refractivity contribution < 1.29 is 18.3 Å². The molecule has 0 bridgehead atoms. The molecule has 1 N–H and O–H groups in total. The number of thioether (sulfide) groups is 1. The number of halogens is 3. The van der Waals surface area contributed by atoms with E-state index in [1.165, 1.54) is 12.1 Å². The first-order valence-electron chi connectivity index (χ1n) is 4.39. The molecule has 1 aromatic rings. The molecule has 84 valence electrons. The highest BCUT2D eigenvalue weighted by molar-refractivity contribution is 8.00. The van der Waals surface area contributed by atoms with Crippen LogP contribution in [0.25, 0.3) is 0 Å². The number of benzene rings is 1. The smallest absolute Gasteiger partial charge is 0.393 e. The molecule has 15 heavy (non-hydrogen) atoms. The number of rotatable bonds is 3. The van der Waals surface area contributed by atoms with E-state index < -0.39 is 11.6 Å². The molecule has 0 aromatic heterocycles. The molecule has 5 heteroatoms. The van der Waals surface area contributed by atoms with E-state index in [2.05, 4.69) is 0 Å². The summed E-state index contributed by atoms with van der Waals surface area (Å²) in [6.07, 6.45) is -0.0251. The number of aliphatic hydroxyl groups is 1. The quantitative estimate of drug-likeness (QED) is 0.813. The minimum Gasteiger partial charge on any atom is -0.393 e. The number of hydrogen-bond acceptors (Lipinski definition) is 2. The first-order valence-corrected chi connectivity index (χ1v) is 5.21. The minimum atomic E-state index is -4.24. The maximum Gasteiger partial charge on any atom is 0.446 e. The Balaban J connectivity index is 2.64. The van der Waals surface area contributed by atoms with Gasteiger partial charge in [0.2, 0.25) is 0 Å². The van der Waals surface area contributed by atoms with Crippen LogP contribution in [0.15, 0.2) is 29.2 Å². The Morgan fingerprint density at radius 1 is 1.27 bits per heavy atom. The summed E-state index contributed by atoms with van der Waals surface area (Å²) in [5.74, 6) is 0. The first-order chi connectivity index (χ1) is 6.87. The number of aliphatic hydroxyl groups excluding tert-OH is 1. The predicted molar refractivity (Wildman–Crippen MR) is 53.7 cm³/mol. The molecule has 1 nitrogen and oxygen atoms in total. The summed E-state index contributed by atoms with van der Waals surface area (Å²) < 4.78 is 35.9. The van der Waals surface area contributed by atoms with Gasteiger partial charge in [-0.1, -0.05) is 12.1 Å². The van der Waals surface area contributed by atoms with E-state index in [-0.39, 0.29) is 16.7 Å². The second-order valence-corrected chi connectivity index (χ2v) is 4.38. The van der Waals surface area contributed by atoms with E-state index in [9.17, 15) is 13.2 Å². The third kappa shape index (κ3) is 5.09. The number of hydrogen-bond donors (Lipinski definition) is 1. The van der Waals surface area contributed by atoms with Crippen LogP contribution >= 0.6 is 11.8 Å². The van der Waals surface area contributed by atoms with Gasteiger partial charge in [-0.15, -0.1) is 0 Å². The van der Waals surface area contributed by atoms with E-state index in [1.54, 1.807) is 19.1 Å². The van der Waals surface area contributed by atoms with Crippen LogP contribution in [-0.4, -0.2) is 16.7 Å². The molecule has 0 saturated heterocycles. The SMILES string of the molecule is C[C@@H](O)Cc1ccc(SC(F)(F)F)cc1. The molecule has 1 atom stereocenters. The molecule has 0 unspecified atom stereocenters. The zero-order valence-electron chi connectivity index (χ0n) is 8.08. The Hall–Kier alpha value is -0.680. The molecule has 0 aliphatic heterocycles. The Kier molecular flexibility index (Phi) is 4.04. The summed E-state index contributed by atoms with van der Waals surface area (Å²) in [6.45, 7) is 1.64. The minimum absolute atomic E-state index is 0.134. The summed E-state index contributed by atoms with van der Waals surface area (Å²) in [4.78, 5) is 0.164. The van der Waals surface area contributed by atoms with Crippen molar-refractivity contribution in [3.63, 3.8) is 0 Å². The van der Waals surface area contributed by atoms with Crippen molar-refractivity contribution >= 4 is 11.8 Å². The third-order valence-corrected chi connectivity index (χ3v) is 2.43. The van der Waals surface area contributed by atoms with Gasteiger partial charge in [-0.25, -0.2) is 0 Å². The maximum absolute atomic E-state index is 12.0. The van der Waals surface area contributed by atoms with Gasteiger partial charge in [0, 0.05) is 4.90 Å². The van der Waals surface area contributed by atoms with E-state index in [1.807, 2.05) is 0 Å². The van der Waals surface area contributed by atoms with Gasteiger partial charge in [0.05, 0.1) is 6.10 Å². The molecule has 0 aliphatic carbocycles. The van der Waals surface area contributed by atoms with Gasteiger partial charge in [0.15, 0.2) is 0 Å². The fraction of sp³-hybridized carbons (Fsp3) is 0.400. The zero-order chi connectivity index (χ0) is 11.5. The Morgan fingerprint density at radius 3 is 2.20 bits per heavy atom. The van der Waals surface area contributed by atoms with Crippen LogP contribution in [0.3, 0.4) is 0 Å². The van der Waals surface area contributed by atoms with Gasteiger partial charge in [0.25, 0.3) is 0 Å². The fourth-order valence-corrected chi connectivity index (χ4v) is 1.71. The first kappa shape index (κ1) is 12.4. The van der Waals surface area contributed by atoms with Crippen LogP contribution < -0.4 is 0 Å². The topological polar surface area (TPSA) is 20.2 Å². The highest BCUT2D eigenvalue weighted by Crippen LogP contribution is 2.36. The second-order valence-electron chi connectivity index (χ2n) is 3.24. The van der Waals surface area contributed by atoms with Crippen molar-refractivity contribution in [3.05, 3.63) is 29.8 Å². The van der Waals surface area contributed by atoms with Crippen molar-refractivity contribution in [3.8, 4) is 0 Å². The van der Waals surface area contributed by atoms with Crippen LogP contribution in [0.2, 0.25) is 0 Å². The molecule has 0 heterocycles. The van der Waals surface area contributed by atoms with Gasteiger partial charge in [-0.2, -0.15) is 13.2 Å². The Bertz CT molecular complexity index is 305. The van der Waals surface area contributed by atoms with E-state index in [0.717, 1.165) is 5.56 Å². The lowest BCUT2D eigenvalue weighted by atomic mass is 10.1. The predicted octanol–water partition coefficient (Wildman–Crippen LogP) is 3.22. The summed E-state index contributed by atoms with van der Waals surface area (Å²) >= 11 is -0.134. The summed E-state index contributed by atoms with van der Waals surface area (Å²) in [5.41, 5.74) is -3.41. The van der Waals surface area contributed by atoms with Crippen LogP contribution in [-0.2, 0) is 6.42 Å². The van der Waals surface area contributed by atoms with Crippen molar-refractivity contribution in [2.75, 3.05) is 0 Å². The third-order valence-electron chi connectivity index (χ3n) is 1.69. The second kappa shape index (κ2) is 4.90. The normalized spacial score (nSPS) is 13.9. The Labute approximate surface area is 90.3 Å².